The minimum Gasteiger partial charge on any atom is -0.469 e. The van der Waals surface area contributed by atoms with Gasteiger partial charge in [-0.3, -0.25) is 9.59 Å². The Bertz CT molecular complexity index is 228. The van der Waals surface area contributed by atoms with Crippen molar-refractivity contribution in [2.45, 2.75) is 46.0 Å². The lowest BCUT2D eigenvalue weighted by Crippen LogP contribution is -2.32. The highest BCUT2D eigenvalue weighted by Gasteiger charge is 2.24. The van der Waals surface area contributed by atoms with Gasteiger partial charge in [0.2, 0.25) is 6.29 Å². The first kappa shape index (κ1) is 13.9. The quantitative estimate of drug-likeness (QED) is 0.525. The maximum atomic E-state index is 11.0. The van der Waals surface area contributed by atoms with E-state index in [1.54, 1.807) is 20.8 Å². The summed E-state index contributed by atoms with van der Waals surface area (Å²) in [4.78, 5) is 21.8. The average Bonchev–Trinajstić information content (AvgIpc) is 1.99. The van der Waals surface area contributed by atoms with Crippen molar-refractivity contribution in [3.8, 4) is 0 Å². The summed E-state index contributed by atoms with van der Waals surface area (Å²) >= 11 is 0. The van der Waals surface area contributed by atoms with Gasteiger partial charge >= 0.3 is 11.9 Å². The fourth-order valence-electron chi connectivity index (χ4n) is 0.906. The van der Waals surface area contributed by atoms with Crippen LogP contribution in [-0.2, 0) is 23.8 Å². The van der Waals surface area contributed by atoms with Crippen LogP contribution in [0.25, 0.3) is 0 Å². The molecule has 0 N–H and O–H groups in total. The zero-order valence-electron chi connectivity index (χ0n) is 9.83. The van der Waals surface area contributed by atoms with E-state index in [1.807, 2.05) is 0 Å². The van der Waals surface area contributed by atoms with Gasteiger partial charge in [-0.15, -0.1) is 0 Å². The summed E-state index contributed by atoms with van der Waals surface area (Å²) in [6.07, 6.45) is -0.997. The largest absolute Gasteiger partial charge is 0.469 e. The van der Waals surface area contributed by atoms with Gasteiger partial charge in [0.1, 0.15) is 6.42 Å². The zero-order chi connectivity index (χ0) is 12.1. The molecule has 15 heavy (non-hydrogen) atoms. The Morgan fingerprint density at radius 2 is 1.80 bits per heavy atom. The second kappa shape index (κ2) is 5.70. The van der Waals surface area contributed by atoms with Crippen molar-refractivity contribution in [2.24, 2.45) is 0 Å². The summed E-state index contributed by atoms with van der Waals surface area (Å²) in [5.74, 6) is -0.973. The van der Waals surface area contributed by atoms with Crippen LogP contribution in [0.4, 0.5) is 0 Å². The van der Waals surface area contributed by atoms with Crippen LogP contribution < -0.4 is 0 Å². The molecule has 0 saturated carbocycles. The summed E-state index contributed by atoms with van der Waals surface area (Å²) in [6, 6.07) is 0. The molecule has 5 nitrogen and oxygen atoms in total. The first-order chi connectivity index (χ1) is 6.74. The molecule has 0 rings (SSSR count). The minimum atomic E-state index is -0.894. The van der Waals surface area contributed by atoms with Crippen molar-refractivity contribution >= 4 is 11.9 Å². The topological polar surface area (TPSA) is 61.8 Å². The molecule has 0 aliphatic heterocycles. The van der Waals surface area contributed by atoms with Crippen molar-refractivity contribution in [3.63, 3.8) is 0 Å². The first-order valence-corrected chi connectivity index (χ1v) is 4.66. The Labute approximate surface area is 89.7 Å². The second-order valence-corrected chi connectivity index (χ2v) is 4.05. The molecule has 0 saturated heterocycles. The monoisotopic (exact) mass is 218 g/mol. The lowest BCUT2D eigenvalue weighted by molar-refractivity contribution is -0.205. The molecule has 0 aliphatic rings. The Hall–Kier alpha value is -1.10. The molecule has 0 unspecified atom stereocenters. The van der Waals surface area contributed by atoms with E-state index in [1.165, 1.54) is 14.0 Å². The number of hydrogen-bond acceptors (Lipinski definition) is 5. The molecule has 5 heteroatoms. The molecule has 0 radical (unpaired) electrons. The lowest BCUT2D eigenvalue weighted by Gasteiger charge is -2.26. The Morgan fingerprint density at radius 3 is 2.13 bits per heavy atom. The van der Waals surface area contributed by atoms with E-state index in [-0.39, 0.29) is 6.42 Å². The molecule has 0 aliphatic carbocycles. The molecule has 0 fully saturated rings. The van der Waals surface area contributed by atoms with Gasteiger partial charge in [0.25, 0.3) is 0 Å². The van der Waals surface area contributed by atoms with Gasteiger partial charge in [0.15, 0.2) is 0 Å². The van der Waals surface area contributed by atoms with Crippen molar-refractivity contribution < 1.29 is 23.8 Å². The zero-order valence-corrected chi connectivity index (χ0v) is 9.83. The van der Waals surface area contributed by atoms with Gasteiger partial charge < -0.3 is 14.2 Å². The molecular formula is C10H18O5. The third-order valence-corrected chi connectivity index (χ3v) is 1.34. The number of methoxy groups -OCH3 is 1. The van der Waals surface area contributed by atoms with Gasteiger partial charge in [-0.1, -0.05) is 0 Å². The number of esters is 2. The van der Waals surface area contributed by atoms with E-state index in [2.05, 4.69) is 4.74 Å². The third-order valence-electron chi connectivity index (χ3n) is 1.34. The predicted molar refractivity (Wildman–Crippen MR) is 53.0 cm³/mol. The van der Waals surface area contributed by atoms with Crippen molar-refractivity contribution in [1.82, 2.24) is 0 Å². The van der Waals surface area contributed by atoms with E-state index in [0.717, 1.165) is 0 Å². The van der Waals surface area contributed by atoms with E-state index >= 15 is 0 Å². The predicted octanol–water partition coefficient (Wildman–Crippen LogP) is 1.25. The number of rotatable bonds is 4. The van der Waals surface area contributed by atoms with Gasteiger partial charge in [-0.05, 0) is 20.8 Å². The molecule has 0 aromatic rings. The highest BCUT2D eigenvalue weighted by atomic mass is 16.7. The fraction of sp³-hybridized carbons (Fsp3) is 0.800. The minimum absolute atomic E-state index is 0.104. The summed E-state index contributed by atoms with van der Waals surface area (Å²) in [6.45, 7) is 6.68. The van der Waals surface area contributed by atoms with Crippen LogP contribution in [-0.4, -0.2) is 30.9 Å². The second-order valence-electron chi connectivity index (χ2n) is 4.05. The van der Waals surface area contributed by atoms with Crippen LogP contribution in [0.15, 0.2) is 0 Å². The molecule has 1 atom stereocenters. The van der Waals surface area contributed by atoms with Gasteiger partial charge in [-0.2, -0.15) is 0 Å². The van der Waals surface area contributed by atoms with E-state index < -0.39 is 23.8 Å². The maximum absolute atomic E-state index is 11.0. The number of carbonyl (C=O) groups is 2. The number of hydrogen-bond donors (Lipinski definition) is 0. The van der Waals surface area contributed by atoms with Crippen molar-refractivity contribution in [2.75, 3.05) is 7.11 Å². The first-order valence-electron chi connectivity index (χ1n) is 4.66. The summed E-state index contributed by atoms with van der Waals surface area (Å²) in [5.41, 5.74) is -0.492. The molecule has 0 heterocycles. The molecule has 0 amide bonds. The highest BCUT2D eigenvalue weighted by Crippen LogP contribution is 2.14. The van der Waals surface area contributed by atoms with Gasteiger partial charge in [0, 0.05) is 6.92 Å². The average molecular weight is 218 g/mol. The maximum Gasteiger partial charge on any atom is 0.311 e. The van der Waals surface area contributed by atoms with Crippen LogP contribution >= 0.6 is 0 Å². The molecule has 0 aromatic carbocycles. The summed E-state index contributed by atoms with van der Waals surface area (Å²) in [7, 11) is 1.27. The Morgan fingerprint density at radius 1 is 1.27 bits per heavy atom. The highest BCUT2D eigenvalue weighted by molar-refractivity contribution is 5.71. The summed E-state index contributed by atoms with van der Waals surface area (Å²) in [5, 5.41) is 0. The normalized spacial score (nSPS) is 13.1. The lowest BCUT2D eigenvalue weighted by atomic mass is 10.2. The smallest absolute Gasteiger partial charge is 0.311 e. The van der Waals surface area contributed by atoms with Gasteiger partial charge in [0.05, 0.1) is 12.7 Å². The van der Waals surface area contributed by atoms with Crippen LogP contribution in [0.5, 0.6) is 0 Å². The van der Waals surface area contributed by atoms with E-state index in [9.17, 15) is 9.59 Å². The molecule has 0 bridgehead atoms. The van der Waals surface area contributed by atoms with Crippen LogP contribution in [0, 0.1) is 0 Å². The van der Waals surface area contributed by atoms with Gasteiger partial charge in [-0.25, -0.2) is 0 Å². The molecule has 0 aromatic heterocycles. The van der Waals surface area contributed by atoms with E-state index in [0.29, 0.717) is 0 Å². The number of ether oxygens (including phenoxy) is 3. The molecule has 0 spiro atoms. The van der Waals surface area contributed by atoms with Crippen molar-refractivity contribution in [1.29, 1.82) is 0 Å². The van der Waals surface area contributed by atoms with Crippen LogP contribution in [0.3, 0.4) is 0 Å². The fourth-order valence-corrected chi connectivity index (χ4v) is 0.906. The third kappa shape index (κ3) is 7.93. The summed E-state index contributed by atoms with van der Waals surface area (Å²) < 4.78 is 14.7. The Kier molecular flexibility index (Phi) is 5.28. The van der Waals surface area contributed by atoms with Crippen LogP contribution in [0.1, 0.15) is 34.1 Å². The van der Waals surface area contributed by atoms with Crippen molar-refractivity contribution in [3.05, 3.63) is 0 Å². The SMILES string of the molecule is COC(=O)C[C@H](OC(C)=O)OC(C)(C)C. The van der Waals surface area contributed by atoms with Crippen LogP contribution in [0.2, 0.25) is 0 Å². The standard InChI is InChI=1S/C10H18O5/c1-7(11)14-9(6-8(12)13-5)15-10(2,3)4/h9H,6H2,1-5H3/t9-/m1/s1. The number of carbonyl (C=O) groups excluding carboxylic acids is 2. The molecule has 88 valence electrons. The molecular weight excluding hydrogens is 200 g/mol. The Balaban J connectivity index is 4.31. The van der Waals surface area contributed by atoms with E-state index in [4.69, 9.17) is 9.47 Å².